The Bertz CT molecular complexity index is 764. The number of carbonyl (C=O) groups excluding carboxylic acids is 1. The molecule has 0 atom stereocenters. The number of carbonyl (C=O) groups is 1. The zero-order valence-electron chi connectivity index (χ0n) is 11.6. The average Bonchev–Trinajstić information content (AvgIpc) is 3.10. The van der Waals surface area contributed by atoms with Crippen molar-refractivity contribution in [1.29, 1.82) is 0 Å². The summed E-state index contributed by atoms with van der Waals surface area (Å²) in [5.74, 6) is 0.880. The van der Waals surface area contributed by atoms with E-state index in [1.807, 2.05) is 42.6 Å². The summed E-state index contributed by atoms with van der Waals surface area (Å²) in [7, 11) is 0. The van der Waals surface area contributed by atoms with E-state index in [-0.39, 0.29) is 5.78 Å². The van der Waals surface area contributed by atoms with Gasteiger partial charge in [0.15, 0.2) is 0 Å². The van der Waals surface area contributed by atoms with Crippen molar-refractivity contribution in [2.45, 2.75) is 26.7 Å². The van der Waals surface area contributed by atoms with Crippen LogP contribution in [-0.4, -0.2) is 5.78 Å². The lowest BCUT2D eigenvalue weighted by molar-refractivity contribution is 0.104. The van der Waals surface area contributed by atoms with Crippen molar-refractivity contribution in [2.24, 2.45) is 0 Å². The fourth-order valence-electron chi connectivity index (χ4n) is 2.52. The van der Waals surface area contributed by atoms with Crippen LogP contribution in [0.4, 0.5) is 0 Å². The summed E-state index contributed by atoms with van der Waals surface area (Å²) in [4.78, 5) is 13.7. The van der Waals surface area contributed by atoms with Gasteiger partial charge in [0, 0.05) is 11.8 Å². The molecular weight excluding hydrogens is 268 g/mol. The minimum Gasteiger partial charge on any atom is -0.460 e. The molecule has 0 bridgehead atoms. The molecular formula is C17H16O2S. The third-order valence-electron chi connectivity index (χ3n) is 3.55. The molecule has 0 amide bonds. The van der Waals surface area contributed by atoms with Crippen molar-refractivity contribution in [3.63, 3.8) is 0 Å². The van der Waals surface area contributed by atoms with E-state index in [9.17, 15) is 4.79 Å². The summed E-state index contributed by atoms with van der Waals surface area (Å²) in [6, 6.07) is 9.79. The van der Waals surface area contributed by atoms with Gasteiger partial charge in [0.25, 0.3) is 0 Å². The summed E-state index contributed by atoms with van der Waals surface area (Å²) in [6.07, 6.45) is 1.60. The number of hydrogen-bond acceptors (Lipinski definition) is 3. The first kappa shape index (κ1) is 13.1. The van der Waals surface area contributed by atoms with Gasteiger partial charge in [-0.25, -0.2) is 0 Å². The first-order chi connectivity index (χ1) is 9.76. The highest BCUT2D eigenvalue weighted by molar-refractivity contribution is 7.12. The fourth-order valence-corrected chi connectivity index (χ4v) is 3.46. The van der Waals surface area contributed by atoms with E-state index in [1.165, 1.54) is 11.3 Å². The standard InChI is InChI=1S/C17H16O2S/c1-3-11-9-10-20-17(11)16(18)15-12-7-5-6-8-14(12)19-13(15)4-2/h5-10H,3-4H2,1-2H3. The van der Waals surface area contributed by atoms with Crippen LogP contribution in [-0.2, 0) is 12.8 Å². The Hall–Kier alpha value is -1.87. The van der Waals surface area contributed by atoms with Crippen LogP contribution in [0.5, 0.6) is 0 Å². The summed E-state index contributed by atoms with van der Waals surface area (Å²) in [6.45, 7) is 4.09. The maximum Gasteiger partial charge on any atom is 0.207 e. The molecule has 0 saturated carbocycles. The Labute approximate surface area is 122 Å². The lowest BCUT2D eigenvalue weighted by atomic mass is 10.0. The molecule has 0 unspecified atom stereocenters. The Morgan fingerprint density at radius 1 is 1.15 bits per heavy atom. The minimum atomic E-state index is 0.0960. The number of benzene rings is 1. The van der Waals surface area contributed by atoms with E-state index in [0.29, 0.717) is 0 Å². The first-order valence-electron chi connectivity index (χ1n) is 6.87. The van der Waals surface area contributed by atoms with Crippen molar-refractivity contribution in [3.8, 4) is 0 Å². The zero-order valence-corrected chi connectivity index (χ0v) is 12.4. The Morgan fingerprint density at radius 2 is 1.95 bits per heavy atom. The van der Waals surface area contributed by atoms with E-state index in [1.54, 1.807) is 0 Å². The van der Waals surface area contributed by atoms with Crippen molar-refractivity contribution in [3.05, 3.63) is 57.5 Å². The molecule has 2 nitrogen and oxygen atoms in total. The van der Waals surface area contributed by atoms with Gasteiger partial charge >= 0.3 is 0 Å². The van der Waals surface area contributed by atoms with Crippen molar-refractivity contribution < 1.29 is 9.21 Å². The maximum atomic E-state index is 12.9. The first-order valence-corrected chi connectivity index (χ1v) is 7.75. The van der Waals surface area contributed by atoms with E-state index >= 15 is 0 Å². The highest BCUT2D eigenvalue weighted by atomic mass is 32.1. The molecule has 1 aromatic carbocycles. The third kappa shape index (κ3) is 1.98. The average molecular weight is 284 g/mol. The summed E-state index contributed by atoms with van der Waals surface area (Å²) < 4.78 is 5.82. The van der Waals surface area contributed by atoms with E-state index < -0.39 is 0 Å². The number of thiophene rings is 1. The SMILES string of the molecule is CCc1ccsc1C(=O)c1c(CC)oc2ccccc12. The van der Waals surface area contributed by atoms with E-state index in [4.69, 9.17) is 4.42 Å². The second kappa shape index (κ2) is 5.25. The number of fused-ring (bicyclic) bond motifs is 1. The molecule has 0 N–H and O–H groups in total. The number of furan rings is 1. The number of aryl methyl sites for hydroxylation is 2. The van der Waals surface area contributed by atoms with Crippen LogP contribution in [0.3, 0.4) is 0 Å². The van der Waals surface area contributed by atoms with Gasteiger partial charge in [-0.1, -0.05) is 32.0 Å². The van der Waals surface area contributed by atoms with Crippen molar-refractivity contribution in [1.82, 2.24) is 0 Å². The van der Waals surface area contributed by atoms with Gasteiger partial charge < -0.3 is 4.42 Å². The molecule has 0 aliphatic heterocycles. The van der Waals surface area contributed by atoms with Crippen LogP contribution in [0.15, 0.2) is 40.1 Å². The van der Waals surface area contributed by atoms with Crippen LogP contribution < -0.4 is 0 Å². The zero-order chi connectivity index (χ0) is 14.1. The molecule has 2 heterocycles. The lowest BCUT2D eigenvalue weighted by Gasteiger charge is -2.01. The Kier molecular flexibility index (Phi) is 3.45. The molecule has 0 aliphatic carbocycles. The minimum absolute atomic E-state index is 0.0960. The summed E-state index contributed by atoms with van der Waals surface area (Å²) in [5, 5.41) is 2.91. The van der Waals surface area contributed by atoms with E-state index in [2.05, 4.69) is 6.92 Å². The molecule has 0 saturated heterocycles. The second-order valence-corrected chi connectivity index (χ2v) is 5.62. The van der Waals surface area contributed by atoms with Gasteiger partial charge in [-0.05, 0) is 29.5 Å². The molecule has 3 rings (SSSR count). The predicted octanol–water partition coefficient (Wildman–Crippen LogP) is 4.85. The van der Waals surface area contributed by atoms with Crippen LogP contribution in [0, 0.1) is 0 Å². The molecule has 0 fully saturated rings. The van der Waals surface area contributed by atoms with Crippen molar-refractivity contribution >= 4 is 28.1 Å². The van der Waals surface area contributed by atoms with Gasteiger partial charge in [-0.2, -0.15) is 0 Å². The van der Waals surface area contributed by atoms with Crippen LogP contribution in [0.1, 0.15) is 40.4 Å². The highest BCUT2D eigenvalue weighted by Crippen LogP contribution is 2.31. The second-order valence-electron chi connectivity index (χ2n) is 4.71. The molecule has 0 spiro atoms. The summed E-state index contributed by atoms with van der Waals surface area (Å²) >= 11 is 1.52. The third-order valence-corrected chi connectivity index (χ3v) is 4.51. The van der Waals surface area contributed by atoms with Gasteiger partial charge in [0.2, 0.25) is 5.78 Å². The maximum absolute atomic E-state index is 12.9. The summed E-state index contributed by atoms with van der Waals surface area (Å²) in [5.41, 5.74) is 2.65. The molecule has 102 valence electrons. The lowest BCUT2D eigenvalue weighted by Crippen LogP contribution is -2.03. The topological polar surface area (TPSA) is 30.2 Å². The van der Waals surface area contributed by atoms with Gasteiger partial charge in [-0.15, -0.1) is 11.3 Å². The molecule has 20 heavy (non-hydrogen) atoms. The van der Waals surface area contributed by atoms with Crippen LogP contribution >= 0.6 is 11.3 Å². The Balaban J connectivity index is 2.21. The molecule has 0 radical (unpaired) electrons. The van der Waals surface area contributed by atoms with Gasteiger partial charge in [-0.3, -0.25) is 4.79 Å². The van der Waals surface area contributed by atoms with Gasteiger partial charge in [0.05, 0.1) is 10.4 Å². The van der Waals surface area contributed by atoms with Gasteiger partial charge in [0.1, 0.15) is 11.3 Å². The number of rotatable bonds is 4. The van der Waals surface area contributed by atoms with E-state index in [0.717, 1.165) is 45.6 Å². The van der Waals surface area contributed by atoms with Crippen molar-refractivity contribution in [2.75, 3.05) is 0 Å². The largest absolute Gasteiger partial charge is 0.460 e. The Morgan fingerprint density at radius 3 is 2.70 bits per heavy atom. The number of hydrogen-bond donors (Lipinski definition) is 0. The quantitative estimate of drug-likeness (QED) is 0.641. The van der Waals surface area contributed by atoms with Crippen LogP contribution in [0.2, 0.25) is 0 Å². The number of ketones is 1. The molecule has 2 aromatic heterocycles. The molecule has 3 aromatic rings. The number of para-hydroxylation sites is 1. The molecule has 0 aliphatic rings. The normalized spacial score (nSPS) is 11.1. The predicted molar refractivity (Wildman–Crippen MR) is 82.7 cm³/mol. The smallest absolute Gasteiger partial charge is 0.207 e. The van der Waals surface area contributed by atoms with Crippen LogP contribution in [0.25, 0.3) is 11.0 Å². The monoisotopic (exact) mass is 284 g/mol. The fraction of sp³-hybridized carbons (Fsp3) is 0.235. The highest BCUT2D eigenvalue weighted by Gasteiger charge is 2.23. The molecule has 3 heteroatoms.